The van der Waals surface area contributed by atoms with Gasteiger partial charge >= 0.3 is 0 Å². The highest BCUT2D eigenvalue weighted by molar-refractivity contribution is 5.65. The molecule has 2 rings (SSSR count). The van der Waals surface area contributed by atoms with E-state index >= 15 is 0 Å². The number of hydrogen-bond acceptors (Lipinski definition) is 6. The van der Waals surface area contributed by atoms with Crippen LogP contribution in [0.3, 0.4) is 0 Å². The van der Waals surface area contributed by atoms with Gasteiger partial charge in [-0.15, -0.1) is 0 Å². The van der Waals surface area contributed by atoms with Crippen molar-refractivity contribution < 1.29 is 9.85 Å². The minimum Gasteiger partial charge on any atom is -0.377 e. The van der Waals surface area contributed by atoms with Gasteiger partial charge in [-0.3, -0.25) is 20.2 Å². The number of anilines is 1. The Balaban J connectivity index is 2.18. The molecule has 1 aliphatic rings. The number of nitrogens with one attached hydrogen (secondary N) is 2. The number of nitro groups is 2. The van der Waals surface area contributed by atoms with Crippen molar-refractivity contribution in [3.05, 3.63) is 38.4 Å². The second kappa shape index (κ2) is 6.49. The van der Waals surface area contributed by atoms with Gasteiger partial charge in [-0.1, -0.05) is 0 Å². The van der Waals surface area contributed by atoms with Crippen molar-refractivity contribution in [1.29, 1.82) is 0 Å². The molecule has 1 aromatic carbocycles. The highest BCUT2D eigenvalue weighted by Gasteiger charge is 2.24. The first-order valence-corrected chi connectivity index (χ1v) is 6.89. The van der Waals surface area contributed by atoms with Gasteiger partial charge in [-0.25, -0.2) is 0 Å². The topological polar surface area (TPSA) is 110 Å². The molecular formula is C13H18N4O4. The van der Waals surface area contributed by atoms with E-state index in [1.54, 1.807) is 0 Å². The van der Waals surface area contributed by atoms with Crippen LogP contribution in [0.4, 0.5) is 17.1 Å². The zero-order chi connectivity index (χ0) is 15.4. The lowest BCUT2D eigenvalue weighted by Gasteiger charge is -2.29. The molecule has 0 aromatic heterocycles. The Kier molecular flexibility index (Phi) is 4.69. The third-order valence-electron chi connectivity index (χ3n) is 3.81. The van der Waals surface area contributed by atoms with Gasteiger partial charge in [0, 0.05) is 12.1 Å². The monoisotopic (exact) mass is 294 g/mol. The predicted octanol–water partition coefficient (Wildman–Crippen LogP) is 2.30. The van der Waals surface area contributed by atoms with Gasteiger partial charge in [0.25, 0.3) is 11.4 Å². The van der Waals surface area contributed by atoms with Crippen LogP contribution in [0.2, 0.25) is 0 Å². The third kappa shape index (κ3) is 3.66. The Morgan fingerprint density at radius 3 is 2.67 bits per heavy atom. The molecule has 0 spiro atoms. The van der Waals surface area contributed by atoms with Crippen LogP contribution in [-0.4, -0.2) is 29.0 Å². The summed E-state index contributed by atoms with van der Waals surface area (Å²) in [5.41, 5.74) is -0.220. The molecule has 2 N–H and O–H groups in total. The van der Waals surface area contributed by atoms with Gasteiger partial charge in [0.1, 0.15) is 5.69 Å². The Morgan fingerprint density at radius 2 is 2.10 bits per heavy atom. The summed E-state index contributed by atoms with van der Waals surface area (Å²) in [5, 5.41) is 28.2. The molecule has 1 aromatic rings. The normalized spacial score (nSPS) is 19.8. The van der Waals surface area contributed by atoms with Crippen LogP contribution < -0.4 is 10.6 Å². The molecule has 1 saturated heterocycles. The molecule has 2 unspecified atom stereocenters. The quantitative estimate of drug-likeness (QED) is 0.636. The van der Waals surface area contributed by atoms with Crippen LogP contribution in [0, 0.1) is 26.1 Å². The highest BCUT2D eigenvalue weighted by Crippen LogP contribution is 2.30. The molecular weight excluding hydrogens is 276 g/mol. The second-order valence-corrected chi connectivity index (χ2v) is 5.26. The Morgan fingerprint density at radius 1 is 1.33 bits per heavy atom. The predicted molar refractivity (Wildman–Crippen MR) is 78.4 cm³/mol. The number of rotatable bonds is 5. The molecule has 1 fully saturated rings. The Bertz CT molecular complexity index is 543. The SMILES string of the molecule is CC(Nc1ccc([N+](=O)[O-])cc1[N+](=O)[O-])C1CCCNC1. The minimum atomic E-state index is -0.634. The lowest BCUT2D eigenvalue weighted by molar-refractivity contribution is -0.393. The summed E-state index contributed by atoms with van der Waals surface area (Å²) in [5.74, 6) is 0.383. The first kappa shape index (κ1) is 15.2. The maximum Gasteiger partial charge on any atom is 0.299 e. The van der Waals surface area contributed by atoms with Gasteiger partial charge in [0.15, 0.2) is 0 Å². The number of non-ortho nitro benzene ring substituents is 1. The van der Waals surface area contributed by atoms with E-state index < -0.39 is 9.85 Å². The number of hydrogen-bond donors (Lipinski definition) is 2. The van der Waals surface area contributed by atoms with Crippen LogP contribution in [-0.2, 0) is 0 Å². The lowest BCUT2D eigenvalue weighted by Crippen LogP contribution is -2.38. The van der Waals surface area contributed by atoms with E-state index in [2.05, 4.69) is 10.6 Å². The van der Waals surface area contributed by atoms with Crippen molar-refractivity contribution in [3.63, 3.8) is 0 Å². The van der Waals surface area contributed by atoms with Crippen molar-refractivity contribution in [2.75, 3.05) is 18.4 Å². The number of nitrogens with zero attached hydrogens (tertiary/aromatic N) is 2. The molecule has 0 aliphatic carbocycles. The maximum atomic E-state index is 11.1. The molecule has 1 aliphatic heterocycles. The van der Waals surface area contributed by atoms with E-state index in [1.807, 2.05) is 6.92 Å². The van der Waals surface area contributed by atoms with E-state index in [4.69, 9.17) is 0 Å². The highest BCUT2D eigenvalue weighted by atomic mass is 16.6. The largest absolute Gasteiger partial charge is 0.377 e. The second-order valence-electron chi connectivity index (χ2n) is 5.26. The zero-order valence-electron chi connectivity index (χ0n) is 11.7. The molecule has 114 valence electrons. The standard InChI is InChI=1S/C13H18N4O4/c1-9(10-3-2-6-14-8-10)15-12-5-4-11(16(18)19)7-13(12)17(20)21/h4-5,7,9-10,14-15H,2-3,6,8H2,1H3. The van der Waals surface area contributed by atoms with Gasteiger partial charge in [-0.2, -0.15) is 0 Å². The molecule has 8 nitrogen and oxygen atoms in total. The van der Waals surface area contributed by atoms with Crippen molar-refractivity contribution in [3.8, 4) is 0 Å². The van der Waals surface area contributed by atoms with E-state index in [9.17, 15) is 20.2 Å². The number of piperidine rings is 1. The van der Waals surface area contributed by atoms with Gasteiger partial charge in [-0.05, 0) is 44.8 Å². The fraction of sp³-hybridized carbons (Fsp3) is 0.538. The molecule has 0 amide bonds. The molecule has 0 saturated carbocycles. The maximum absolute atomic E-state index is 11.1. The summed E-state index contributed by atoms with van der Waals surface area (Å²) >= 11 is 0. The van der Waals surface area contributed by atoms with E-state index in [0.29, 0.717) is 11.6 Å². The summed E-state index contributed by atoms with van der Waals surface area (Å²) in [7, 11) is 0. The van der Waals surface area contributed by atoms with Crippen LogP contribution in [0.5, 0.6) is 0 Å². The van der Waals surface area contributed by atoms with E-state index in [0.717, 1.165) is 32.0 Å². The summed E-state index contributed by atoms with van der Waals surface area (Å²) in [4.78, 5) is 20.6. The zero-order valence-corrected chi connectivity index (χ0v) is 11.7. The molecule has 8 heteroatoms. The first-order valence-electron chi connectivity index (χ1n) is 6.89. The van der Waals surface area contributed by atoms with Gasteiger partial charge in [0.05, 0.1) is 15.9 Å². The van der Waals surface area contributed by atoms with E-state index in [1.165, 1.54) is 12.1 Å². The average molecular weight is 294 g/mol. The van der Waals surface area contributed by atoms with Gasteiger partial charge < -0.3 is 10.6 Å². The Labute approximate surface area is 121 Å². The molecule has 1 heterocycles. The minimum absolute atomic E-state index is 0.0537. The summed E-state index contributed by atoms with van der Waals surface area (Å²) < 4.78 is 0. The molecule has 0 radical (unpaired) electrons. The van der Waals surface area contributed by atoms with Crippen LogP contribution in [0.1, 0.15) is 19.8 Å². The van der Waals surface area contributed by atoms with Gasteiger partial charge in [0.2, 0.25) is 0 Å². The molecule has 0 bridgehead atoms. The average Bonchev–Trinajstić information content (AvgIpc) is 2.48. The van der Waals surface area contributed by atoms with Crippen molar-refractivity contribution >= 4 is 17.1 Å². The first-order chi connectivity index (χ1) is 9.99. The Hall–Kier alpha value is -2.22. The summed E-state index contributed by atoms with van der Waals surface area (Å²) in [6.07, 6.45) is 2.14. The number of benzene rings is 1. The van der Waals surface area contributed by atoms with Crippen molar-refractivity contribution in [1.82, 2.24) is 5.32 Å². The fourth-order valence-corrected chi connectivity index (χ4v) is 2.58. The number of nitro benzene ring substituents is 2. The fourth-order valence-electron chi connectivity index (χ4n) is 2.58. The molecule has 21 heavy (non-hydrogen) atoms. The smallest absolute Gasteiger partial charge is 0.299 e. The van der Waals surface area contributed by atoms with E-state index in [-0.39, 0.29) is 17.4 Å². The van der Waals surface area contributed by atoms with Crippen LogP contribution in [0.25, 0.3) is 0 Å². The van der Waals surface area contributed by atoms with Crippen molar-refractivity contribution in [2.45, 2.75) is 25.8 Å². The summed E-state index contributed by atoms with van der Waals surface area (Å²) in [6, 6.07) is 3.73. The van der Waals surface area contributed by atoms with Crippen LogP contribution in [0.15, 0.2) is 18.2 Å². The van der Waals surface area contributed by atoms with Crippen LogP contribution >= 0.6 is 0 Å². The molecule has 2 atom stereocenters. The lowest BCUT2D eigenvalue weighted by atomic mass is 9.92. The summed E-state index contributed by atoms with van der Waals surface area (Å²) in [6.45, 7) is 3.85. The third-order valence-corrected chi connectivity index (χ3v) is 3.81. The van der Waals surface area contributed by atoms with Crippen molar-refractivity contribution in [2.24, 2.45) is 5.92 Å².